The highest BCUT2D eigenvalue weighted by Gasteiger charge is 2.28. The smallest absolute Gasteiger partial charge is 0.224 e. The van der Waals surface area contributed by atoms with E-state index >= 15 is 0 Å². The van der Waals surface area contributed by atoms with Crippen molar-refractivity contribution in [1.82, 2.24) is 9.71 Å². The van der Waals surface area contributed by atoms with Crippen molar-refractivity contribution in [3.05, 3.63) is 18.3 Å². The summed E-state index contributed by atoms with van der Waals surface area (Å²) in [5, 5.41) is 2.83. The number of ether oxygens (including phenoxy) is 1. The Balaban J connectivity index is 1.70. The number of hydrogen-bond donors (Lipinski definition) is 2. The number of carbonyl (C=O) groups excluding carboxylic acids is 1. The molecule has 0 saturated carbocycles. The minimum absolute atomic E-state index is 0.103. The predicted octanol–water partition coefficient (Wildman–Crippen LogP) is 2.13. The summed E-state index contributed by atoms with van der Waals surface area (Å²) >= 11 is 0. The number of nitrogens with one attached hydrogen (secondary N) is 2. The second kappa shape index (κ2) is 9.67. The first-order valence-electron chi connectivity index (χ1n) is 9.70. The van der Waals surface area contributed by atoms with Crippen molar-refractivity contribution in [2.24, 2.45) is 0 Å². The molecule has 158 valence electrons. The van der Waals surface area contributed by atoms with Crippen LogP contribution in [0, 0.1) is 0 Å². The summed E-state index contributed by atoms with van der Waals surface area (Å²) in [6.45, 7) is 9.63. The van der Waals surface area contributed by atoms with Crippen LogP contribution in [0.15, 0.2) is 18.3 Å². The SMILES string of the molecule is C[C@@H]1CN(c2ccc(NC(=O)CCCCNS(=O)(=O)C(C)(C)C)cn2)CCO1. The number of nitrogens with zero attached hydrogens (tertiary/aromatic N) is 2. The third kappa shape index (κ3) is 6.72. The minimum Gasteiger partial charge on any atom is -0.375 e. The maximum Gasteiger partial charge on any atom is 0.224 e. The van der Waals surface area contributed by atoms with Crippen molar-refractivity contribution >= 4 is 27.4 Å². The van der Waals surface area contributed by atoms with Crippen molar-refractivity contribution < 1.29 is 17.9 Å². The first kappa shape index (κ1) is 22.6. The molecular formula is C19H32N4O4S. The molecular weight excluding hydrogens is 380 g/mol. The normalized spacial score (nSPS) is 18.1. The van der Waals surface area contributed by atoms with Gasteiger partial charge in [-0.2, -0.15) is 0 Å². The summed E-state index contributed by atoms with van der Waals surface area (Å²) in [6.07, 6.45) is 3.39. The topological polar surface area (TPSA) is 101 Å². The van der Waals surface area contributed by atoms with Crippen LogP contribution in [0.25, 0.3) is 0 Å². The maximum atomic E-state index is 12.1. The van der Waals surface area contributed by atoms with E-state index in [0.29, 0.717) is 38.1 Å². The van der Waals surface area contributed by atoms with Gasteiger partial charge in [0.1, 0.15) is 5.82 Å². The van der Waals surface area contributed by atoms with Crippen LogP contribution < -0.4 is 14.9 Å². The van der Waals surface area contributed by atoms with E-state index in [9.17, 15) is 13.2 Å². The molecule has 1 atom stereocenters. The molecule has 1 fully saturated rings. The van der Waals surface area contributed by atoms with Crippen LogP contribution in [0.3, 0.4) is 0 Å². The zero-order valence-electron chi connectivity index (χ0n) is 17.2. The average Bonchev–Trinajstić information content (AvgIpc) is 2.61. The molecule has 1 aromatic heterocycles. The Bertz CT molecular complexity index is 744. The van der Waals surface area contributed by atoms with Crippen LogP contribution in [-0.4, -0.2) is 56.4 Å². The fourth-order valence-electron chi connectivity index (χ4n) is 2.73. The Labute approximate surface area is 168 Å². The summed E-state index contributed by atoms with van der Waals surface area (Å²) in [6, 6.07) is 3.74. The lowest BCUT2D eigenvalue weighted by molar-refractivity contribution is -0.116. The molecule has 1 amide bonds. The number of sulfonamides is 1. The number of unbranched alkanes of at least 4 members (excludes halogenated alkanes) is 1. The summed E-state index contributed by atoms with van der Waals surface area (Å²) < 4.78 is 31.2. The predicted molar refractivity (Wildman–Crippen MR) is 111 cm³/mol. The monoisotopic (exact) mass is 412 g/mol. The van der Waals surface area contributed by atoms with Crippen molar-refractivity contribution in [1.29, 1.82) is 0 Å². The molecule has 2 N–H and O–H groups in total. The van der Waals surface area contributed by atoms with Gasteiger partial charge >= 0.3 is 0 Å². The molecule has 0 aliphatic carbocycles. The number of morpholine rings is 1. The number of rotatable bonds is 8. The summed E-state index contributed by atoms with van der Waals surface area (Å²) in [5.41, 5.74) is 0.656. The van der Waals surface area contributed by atoms with Gasteiger partial charge in [-0.1, -0.05) is 0 Å². The maximum absolute atomic E-state index is 12.1. The molecule has 1 aliphatic heterocycles. The Morgan fingerprint density at radius 2 is 2.07 bits per heavy atom. The Kier molecular flexibility index (Phi) is 7.79. The molecule has 1 aromatic rings. The van der Waals surface area contributed by atoms with Gasteiger partial charge < -0.3 is 15.0 Å². The van der Waals surface area contributed by atoms with Gasteiger partial charge in [0.05, 0.1) is 29.3 Å². The van der Waals surface area contributed by atoms with Crippen LogP contribution in [0.2, 0.25) is 0 Å². The van der Waals surface area contributed by atoms with Crippen molar-refractivity contribution in [3.63, 3.8) is 0 Å². The molecule has 0 unspecified atom stereocenters. The number of pyridine rings is 1. The molecule has 2 heterocycles. The molecule has 1 saturated heterocycles. The van der Waals surface area contributed by atoms with Crippen molar-refractivity contribution in [2.75, 3.05) is 36.5 Å². The van der Waals surface area contributed by atoms with Gasteiger partial charge in [0.2, 0.25) is 15.9 Å². The number of hydrogen-bond acceptors (Lipinski definition) is 6. The van der Waals surface area contributed by atoms with Gasteiger partial charge in [0, 0.05) is 26.1 Å². The Morgan fingerprint density at radius 3 is 2.68 bits per heavy atom. The fraction of sp³-hybridized carbons (Fsp3) is 0.684. The highest BCUT2D eigenvalue weighted by Crippen LogP contribution is 2.17. The van der Waals surface area contributed by atoms with E-state index in [2.05, 4.69) is 19.9 Å². The van der Waals surface area contributed by atoms with E-state index in [4.69, 9.17) is 4.74 Å². The molecule has 0 aromatic carbocycles. The molecule has 0 bridgehead atoms. The van der Waals surface area contributed by atoms with E-state index in [1.807, 2.05) is 19.1 Å². The van der Waals surface area contributed by atoms with Gasteiger partial charge in [0.25, 0.3) is 0 Å². The highest BCUT2D eigenvalue weighted by atomic mass is 32.2. The van der Waals surface area contributed by atoms with E-state index in [1.54, 1.807) is 27.0 Å². The number of aromatic nitrogens is 1. The molecule has 9 heteroatoms. The lowest BCUT2D eigenvalue weighted by atomic mass is 10.2. The second-order valence-corrected chi connectivity index (χ2v) is 10.6. The van der Waals surface area contributed by atoms with E-state index < -0.39 is 14.8 Å². The van der Waals surface area contributed by atoms with Crippen LogP contribution in [0.5, 0.6) is 0 Å². The first-order valence-corrected chi connectivity index (χ1v) is 11.2. The summed E-state index contributed by atoms with van der Waals surface area (Å²) in [5.74, 6) is 0.771. The summed E-state index contributed by atoms with van der Waals surface area (Å²) in [7, 11) is -3.33. The van der Waals surface area contributed by atoms with E-state index in [1.165, 1.54) is 0 Å². The van der Waals surface area contributed by atoms with Crippen LogP contribution in [-0.2, 0) is 19.6 Å². The number of amides is 1. The average molecular weight is 413 g/mol. The van der Waals surface area contributed by atoms with Gasteiger partial charge in [-0.3, -0.25) is 4.79 Å². The molecule has 28 heavy (non-hydrogen) atoms. The van der Waals surface area contributed by atoms with Gasteiger partial charge in [-0.25, -0.2) is 18.1 Å². The molecule has 8 nitrogen and oxygen atoms in total. The Morgan fingerprint density at radius 1 is 1.32 bits per heavy atom. The van der Waals surface area contributed by atoms with Crippen LogP contribution in [0.4, 0.5) is 11.5 Å². The van der Waals surface area contributed by atoms with Crippen molar-refractivity contribution in [2.45, 2.75) is 57.8 Å². The zero-order valence-corrected chi connectivity index (χ0v) is 18.0. The molecule has 0 spiro atoms. The third-order valence-electron chi connectivity index (χ3n) is 4.53. The fourth-order valence-corrected chi connectivity index (χ4v) is 3.58. The van der Waals surface area contributed by atoms with Gasteiger partial charge in [-0.05, 0) is 52.7 Å². The minimum atomic E-state index is -3.33. The second-order valence-electron chi connectivity index (χ2n) is 8.05. The number of anilines is 2. The zero-order chi connectivity index (χ0) is 20.8. The quantitative estimate of drug-likeness (QED) is 0.635. The lowest BCUT2D eigenvalue weighted by Crippen LogP contribution is -2.41. The van der Waals surface area contributed by atoms with E-state index in [0.717, 1.165) is 18.9 Å². The Hall–Kier alpha value is -1.71. The number of carbonyl (C=O) groups is 1. The highest BCUT2D eigenvalue weighted by molar-refractivity contribution is 7.90. The van der Waals surface area contributed by atoms with Gasteiger partial charge in [0.15, 0.2) is 0 Å². The summed E-state index contributed by atoms with van der Waals surface area (Å²) in [4.78, 5) is 18.7. The lowest BCUT2D eigenvalue weighted by Gasteiger charge is -2.32. The van der Waals surface area contributed by atoms with Gasteiger partial charge in [-0.15, -0.1) is 0 Å². The molecule has 2 rings (SSSR count). The third-order valence-corrected chi connectivity index (χ3v) is 6.72. The largest absolute Gasteiger partial charge is 0.375 e. The van der Waals surface area contributed by atoms with Crippen molar-refractivity contribution in [3.8, 4) is 0 Å². The van der Waals surface area contributed by atoms with Crippen LogP contribution in [0.1, 0.15) is 47.0 Å². The first-order chi connectivity index (χ1) is 13.1. The van der Waals surface area contributed by atoms with Crippen LogP contribution >= 0.6 is 0 Å². The van der Waals surface area contributed by atoms with E-state index in [-0.39, 0.29) is 12.0 Å². The molecule has 1 aliphatic rings. The molecule has 0 radical (unpaired) electrons. The standard InChI is InChI=1S/C19H32N4O4S/c1-15-14-23(11-12-27-15)17-9-8-16(13-20-17)22-18(24)7-5-6-10-21-28(25,26)19(2,3)4/h8-9,13,15,21H,5-7,10-12,14H2,1-4H3,(H,22,24)/t15-/m1/s1.